The van der Waals surface area contributed by atoms with Crippen LogP contribution in [0.3, 0.4) is 0 Å². The molecule has 1 amide bonds. The molecule has 25 heavy (non-hydrogen) atoms. The van der Waals surface area contributed by atoms with Gasteiger partial charge in [0.1, 0.15) is 0 Å². The first-order chi connectivity index (χ1) is 12.0. The number of nitrogens with zero attached hydrogens (tertiary/aromatic N) is 1. The van der Waals surface area contributed by atoms with Crippen LogP contribution in [0, 0.1) is 46.8 Å². The van der Waals surface area contributed by atoms with E-state index in [2.05, 4.69) is 13.8 Å². The van der Waals surface area contributed by atoms with Gasteiger partial charge >= 0.3 is 0 Å². The van der Waals surface area contributed by atoms with Crippen LogP contribution in [0.4, 0.5) is 0 Å². The summed E-state index contributed by atoms with van der Waals surface area (Å²) in [5, 5.41) is 1.48. The van der Waals surface area contributed by atoms with E-state index in [-0.39, 0.29) is 17.2 Å². The van der Waals surface area contributed by atoms with Gasteiger partial charge in [0.05, 0.1) is 7.11 Å². The largest absolute Gasteiger partial charge is 0.275 e. The molecule has 8 atom stereocenters. The number of carbonyl (C=O) groups excluding carboxylic acids is 1. The van der Waals surface area contributed by atoms with Crippen LogP contribution in [-0.2, 0) is 9.63 Å². The fraction of sp³-hybridized carbons (Fsp3) is 0.955. The van der Waals surface area contributed by atoms with Gasteiger partial charge in [-0.1, -0.05) is 20.3 Å². The predicted octanol–water partition coefficient (Wildman–Crippen LogP) is 4.91. The molecule has 0 saturated heterocycles. The minimum absolute atomic E-state index is 0.174. The second-order valence-corrected chi connectivity index (χ2v) is 10.0. The molecule has 0 radical (unpaired) electrons. The van der Waals surface area contributed by atoms with E-state index in [9.17, 15) is 4.79 Å². The van der Waals surface area contributed by atoms with Gasteiger partial charge in [0.2, 0.25) is 5.91 Å². The lowest BCUT2D eigenvalue weighted by Crippen LogP contribution is -2.50. The number of carbonyl (C=O) groups is 1. The maximum absolute atomic E-state index is 12.9. The minimum atomic E-state index is 0.174. The fourth-order valence-corrected chi connectivity index (χ4v) is 7.80. The second-order valence-electron chi connectivity index (χ2n) is 10.0. The lowest BCUT2D eigenvalue weighted by atomic mass is 9.49. The first-order valence-electron chi connectivity index (χ1n) is 10.8. The third kappa shape index (κ3) is 2.76. The number of amides is 1. The van der Waals surface area contributed by atoms with E-state index in [1.165, 1.54) is 56.4 Å². The van der Waals surface area contributed by atoms with E-state index in [4.69, 9.17) is 4.84 Å². The van der Waals surface area contributed by atoms with Gasteiger partial charge in [-0.2, -0.15) is 0 Å². The van der Waals surface area contributed by atoms with Gasteiger partial charge in [-0.05, 0) is 92.3 Å². The Morgan fingerprint density at radius 3 is 2.52 bits per heavy atom. The summed E-state index contributed by atoms with van der Waals surface area (Å²) in [5.41, 5.74) is 0.208. The highest BCUT2D eigenvalue weighted by molar-refractivity contribution is 5.79. The summed E-state index contributed by atoms with van der Waals surface area (Å²) in [7, 11) is 3.38. The third-order valence-electron chi connectivity index (χ3n) is 9.10. The van der Waals surface area contributed by atoms with Gasteiger partial charge in [0.15, 0.2) is 0 Å². The standard InChI is InChI=1S/C22H37NO2/c1-14-5-7-16-15(13-14)6-8-18-17(16)11-12-22(2)19(18)9-10-20(22)21(24)23(3)25-4/h14-20H,5-13H2,1-4H3. The molecule has 4 aliphatic rings. The van der Waals surface area contributed by atoms with Gasteiger partial charge in [0.25, 0.3) is 0 Å². The Morgan fingerprint density at radius 1 is 1.00 bits per heavy atom. The predicted molar refractivity (Wildman–Crippen MR) is 99.5 cm³/mol. The molecule has 0 aromatic heterocycles. The Hall–Kier alpha value is -0.570. The lowest BCUT2D eigenvalue weighted by molar-refractivity contribution is -0.179. The minimum Gasteiger partial charge on any atom is -0.275 e. The molecule has 8 unspecified atom stereocenters. The maximum Gasteiger partial charge on any atom is 0.249 e. The molecule has 0 aromatic rings. The molecule has 4 rings (SSSR count). The Morgan fingerprint density at radius 2 is 1.76 bits per heavy atom. The molecule has 142 valence electrons. The molecule has 0 aromatic carbocycles. The summed E-state index contributed by atoms with van der Waals surface area (Å²) in [6, 6.07) is 0. The summed E-state index contributed by atoms with van der Waals surface area (Å²) in [5.74, 6) is 5.95. The number of fused-ring (bicyclic) bond motifs is 5. The van der Waals surface area contributed by atoms with Gasteiger partial charge in [-0.3, -0.25) is 9.63 Å². The zero-order valence-electron chi connectivity index (χ0n) is 16.7. The van der Waals surface area contributed by atoms with Gasteiger partial charge < -0.3 is 0 Å². The Labute approximate surface area is 153 Å². The van der Waals surface area contributed by atoms with Crippen molar-refractivity contribution < 1.29 is 9.63 Å². The Kier molecular flexibility index (Phi) is 4.67. The molecule has 0 N–H and O–H groups in total. The van der Waals surface area contributed by atoms with Crippen LogP contribution in [0.15, 0.2) is 0 Å². The third-order valence-corrected chi connectivity index (χ3v) is 9.10. The molecule has 0 bridgehead atoms. The van der Waals surface area contributed by atoms with Crippen molar-refractivity contribution in [3.05, 3.63) is 0 Å². The van der Waals surface area contributed by atoms with Crippen LogP contribution in [0.25, 0.3) is 0 Å². The van der Waals surface area contributed by atoms with Crippen molar-refractivity contribution in [2.75, 3.05) is 14.2 Å². The maximum atomic E-state index is 12.9. The quantitative estimate of drug-likeness (QED) is 0.664. The van der Waals surface area contributed by atoms with Crippen molar-refractivity contribution >= 4 is 5.91 Å². The monoisotopic (exact) mass is 347 g/mol. The van der Waals surface area contributed by atoms with Gasteiger partial charge in [0, 0.05) is 13.0 Å². The molecule has 4 aliphatic carbocycles. The SMILES string of the molecule is CON(C)C(=O)C1CCC2C3CCC4CC(C)CCC4C3CCC12C. The van der Waals surface area contributed by atoms with E-state index in [1.807, 2.05) is 0 Å². The van der Waals surface area contributed by atoms with Crippen LogP contribution >= 0.6 is 0 Å². The van der Waals surface area contributed by atoms with E-state index in [1.54, 1.807) is 14.2 Å². The zero-order valence-corrected chi connectivity index (χ0v) is 16.7. The van der Waals surface area contributed by atoms with Crippen LogP contribution in [0.1, 0.15) is 71.6 Å². The van der Waals surface area contributed by atoms with Crippen molar-refractivity contribution in [1.82, 2.24) is 5.06 Å². The first kappa shape index (κ1) is 17.8. The molecular weight excluding hydrogens is 310 g/mol. The summed E-state index contributed by atoms with van der Waals surface area (Å²) >= 11 is 0. The summed E-state index contributed by atoms with van der Waals surface area (Å²) in [4.78, 5) is 18.1. The van der Waals surface area contributed by atoms with Crippen LogP contribution in [0.5, 0.6) is 0 Å². The average Bonchev–Trinajstić information content (AvgIpc) is 2.97. The first-order valence-corrected chi connectivity index (χ1v) is 10.8. The van der Waals surface area contributed by atoms with Crippen molar-refractivity contribution in [1.29, 1.82) is 0 Å². The molecule has 0 aliphatic heterocycles. The normalized spacial score (nSPS) is 49.0. The van der Waals surface area contributed by atoms with Crippen LogP contribution < -0.4 is 0 Å². The van der Waals surface area contributed by atoms with E-state index in [0.717, 1.165) is 41.9 Å². The zero-order chi connectivity index (χ0) is 17.8. The van der Waals surface area contributed by atoms with E-state index >= 15 is 0 Å². The average molecular weight is 348 g/mol. The lowest BCUT2D eigenvalue weighted by Gasteiger charge is -2.56. The summed E-state index contributed by atoms with van der Waals surface area (Å²) in [6.07, 6.45) is 12.3. The van der Waals surface area contributed by atoms with Crippen LogP contribution in [0.2, 0.25) is 0 Å². The molecule has 0 spiro atoms. The molecule has 3 nitrogen and oxygen atoms in total. The van der Waals surface area contributed by atoms with Crippen molar-refractivity contribution in [2.24, 2.45) is 46.8 Å². The number of hydrogen-bond donors (Lipinski definition) is 0. The van der Waals surface area contributed by atoms with E-state index in [0.29, 0.717) is 0 Å². The van der Waals surface area contributed by atoms with Crippen LogP contribution in [-0.4, -0.2) is 25.1 Å². The van der Waals surface area contributed by atoms with Gasteiger partial charge in [-0.25, -0.2) is 5.06 Å². The highest BCUT2D eigenvalue weighted by Crippen LogP contribution is 2.64. The van der Waals surface area contributed by atoms with Crippen molar-refractivity contribution in [3.8, 4) is 0 Å². The molecular formula is C22H37NO2. The highest BCUT2D eigenvalue weighted by Gasteiger charge is 2.58. The number of hydrogen-bond acceptors (Lipinski definition) is 2. The van der Waals surface area contributed by atoms with Crippen molar-refractivity contribution in [2.45, 2.75) is 71.6 Å². The summed E-state index contributed by atoms with van der Waals surface area (Å²) < 4.78 is 0. The Balaban J connectivity index is 1.53. The van der Waals surface area contributed by atoms with Gasteiger partial charge in [-0.15, -0.1) is 0 Å². The number of rotatable bonds is 2. The molecule has 4 saturated carbocycles. The number of hydroxylamine groups is 2. The smallest absolute Gasteiger partial charge is 0.249 e. The fourth-order valence-electron chi connectivity index (χ4n) is 7.80. The second kappa shape index (κ2) is 6.55. The molecule has 0 heterocycles. The Bertz CT molecular complexity index is 520. The summed E-state index contributed by atoms with van der Waals surface area (Å²) in [6.45, 7) is 4.89. The van der Waals surface area contributed by atoms with Crippen molar-refractivity contribution in [3.63, 3.8) is 0 Å². The van der Waals surface area contributed by atoms with E-state index < -0.39 is 0 Å². The topological polar surface area (TPSA) is 29.5 Å². The molecule has 4 fully saturated rings. The molecule has 3 heteroatoms. The highest BCUT2D eigenvalue weighted by atomic mass is 16.7.